The van der Waals surface area contributed by atoms with Crippen LogP contribution in [0.4, 0.5) is 0 Å². The van der Waals surface area contributed by atoms with Crippen molar-refractivity contribution in [3.63, 3.8) is 0 Å². The summed E-state index contributed by atoms with van der Waals surface area (Å²) in [6.07, 6.45) is 0.383. The molecule has 1 aliphatic carbocycles. The Labute approximate surface area is 272 Å². The topological polar surface area (TPSA) is 204 Å². The van der Waals surface area contributed by atoms with Crippen LogP contribution < -0.4 is 36.1 Å². The molecule has 8 atom stereocenters. The van der Waals surface area contributed by atoms with Crippen LogP contribution in [0.15, 0.2) is 18.2 Å². The van der Waals surface area contributed by atoms with E-state index in [0.717, 1.165) is 0 Å². The Morgan fingerprint density at radius 3 is 2.36 bits per heavy atom. The van der Waals surface area contributed by atoms with Gasteiger partial charge in [0.05, 0.1) is 17.6 Å². The maximum absolute atomic E-state index is 14.0. The van der Waals surface area contributed by atoms with E-state index in [-0.39, 0.29) is 31.1 Å². The van der Waals surface area contributed by atoms with Crippen LogP contribution in [0, 0.1) is 11.8 Å². The van der Waals surface area contributed by atoms with Crippen molar-refractivity contribution in [3.05, 3.63) is 23.8 Å². The summed E-state index contributed by atoms with van der Waals surface area (Å²) in [5.41, 5.74) is 0.227. The van der Waals surface area contributed by atoms with E-state index < -0.39 is 83.7 Å². The quantitative estimate of drug-likeness (QED) is 0.234. The molecule has 15 nitrogen and oxygen atoms in total. The number of benzene rings is 1. The number of ether oxygens (including phenoxy) is 2. The Hall–Kier alpha value is -4.40. The molecule has 47 heavy (non-hydrogen) atoms. The van der Waals surface area contributed by atoms with Crippen molar-refractivity contribution in [1.82, 2.24) is 31.5 Å². The number of para-hydroxylation sites is 1. The molecule has 0 bridgehead atoms. The third-order valence-electron chi connectivity index (χ3n) is 9.26. The predicted molar refractivity (Wildman–Crippen MR) is 166 cm³/mol. The van der Waals surface area contributed by atoms with E-state index in [9.17, 15) is 33.9 Å². The summed E-state index contributed by atoms with van der Waals surface area (Å²) in [7, 11) is 0. The molecule has 4 aliphatic rings. The van der Waals surface area contributed by atoms with E-state index in [1.807, 2.05) is 0 Å². The summed E-state index contributed by atoms with van der Waals surface area (Å²) in [6, 6.07) is -0.921. The van der Waals surface area contributed by atoms with Gasteiger partial charge >= 0.3 is 0 Å². The number of hydrogen-bond acceptors (Lipinski definition) is 9. The molecule has 1 aromatic rings. The molecule has 5 rings (SSSR count). The smallest absolute Gasteiger partial charge is 0.255 e. The zero-order chi connectivity index (χ0) is 34.0. The maximum atomic E-state index is 14.0. The average molecular weight is 657 g/mol. The first-order valence-electron chi connectivity index (χ1n) is 16.2. The molecule has 3 fully saturated rings. The lowest BCUT2D eigenvalue weighted by molar-refractivity contribution is -0.145. The van der Waals surface area contributed by atoms with Crippen LogP contribution >= 0.6 is 0 Å². The number of nitrogens with one attached hydrogen (secondary N) is 5. The van der Waals surface area contributed by atoms with Gasteiger partial charge < -0.3 is 46.1 Å². The van der Waals surface area contributed by atoms with Crippen LogP contribution in [0.5, 0.6) is 11.5 Å². The molecular weight excluding hydrogens is 612 g/mol. The Morgan fingerprint density at radius 1 is 0.915 bits per heavy atom. The Morgan fingerprint density at radius 2 is 1.64 bits per heavy atom. The van der Waals surface area contributed by atoms with Crippen molar-refractivity contribution in [2.75, 3.05) is 19.8 Å². The van der Waals surface area contributed by atoms with Gasteiger partial charge in [-0.2, -0.15) is 0 Å². The Balaban J connectivity index is 1.43. The molecule has 15 heteroatoms. The van der Waals surface area contributed by atoms with E-state index in [2.05, 4.69) is 26.6 Å². The second-order valence-electron chi connectivity index (χ2n) is 13.1. The molecule has 256 valence electrons. The summed E-state index contributed by atoms with van der Waals surface area (Å²) < 4.78 is 11.3. The van der Waals surface area contributed by atoms with Gasteiger partial charge in [0.15, 0.2) is 11.5 Å². The van der Waals surface area contributed by atoms with E-state index in [0.29, 0.717) is 37.4 Å². The number of aliphatic hydroxyl groups is 1. The monoisotopic (exact) mass is 656 g/mol. The highest BCUT2D eigenvalue weighted by Crippen LogP contribution is 2.34. The number of fused-ring (bicyclic) bond motifs is 3. The summed E-state index contributed by atoms with van der Waals surface area (Å²) in [5.74, 6) is -3.71. The highest BCUT2D eigenvalue weighted by Gasteiger charge is 2.45. The van der Waals surface area contributed by atoms with Crippen molar-refractivity contribution >= 4 is 35.4 Å². The fraction of sp³-hybridized carbons (Fsp3) is 0.625. The van der Waals surface area contributed by atoms with Crippen LogP contribution in [0.2, 0.25) is 0 Å². The van der Waals surface area contributed by atoms with Gasteiger partial charge in [0, 0.05) is 18.6 Å². The first-order valence-corrected chi connectivity index (χ1v) is 16.2. The molecule has 6 N–H and O–H groups in total. The molecule has 6 amide bonds. The van der Waals surface area contributed by atoms with Crippen molar-refractivity contribution < 1.29 is 43.3 Å². The van der Waals surface area contributed by atoms with Gasteiger partial charge in [-0.05, 0) is 51.2 Å². The molecule has 1 saturated carbocycles. The lowest BCUT2D eigenvalue weighted by Crippen LogP contribution is -2.62. The Kier molecular flexibility index (Phi) is 10.2. The predicted octanol–water partition coefficient (Wildman–Crippen LogP) is -1.03. The van der Waals surface area contributed by atoms with E-state index in [4.69, 9.17) is 9.47 Å². The van der Waals surface area contributed by atoms with Crippen molar-refractivity contribution in [3.8, 4) is 11.5 Å². The van der Waals surface area contributed by atoms with Crippen molar-refractivity contribution in [1.29, 1.82) is 0 Å². The minimum atomic E-state index is -1.47. The summed E-state index contributed by atoms with van der Waals surface area (Å²) in [5, 5.41) is 24.5. The molecule has 1 aromatic carbocycles. The number of carbonyl (C=O) groups is 6. The first-order chi connectivity index (χ1) is 22.3. The number of rotatable bonds is 4. The summed E-state index contributed by atoms with van der Waals surface area (Å²) in [4.78, 5) is 82.4. The highest BCUT2D eigenvalue weighted by molar-refractivity contribution is 5.99. The van der Waals surface area contributed by atoms with Gasteiger partial charge in [-0.25, -0.2) is 0 Å². The lowest BCUT2D eigenvalue weighted by Gasteiger charge is -2.33. The van der Waals surface area contributed by atoms with Crippen molar-refractivity contribution in [2.45, 2.75) is 95.7 Å². The molecule has 2 saturated heterocycles. The normalized spacial score (nSPS) is 30.8. The van der Waals surface area contributed by atoms with Crippen molar-refractivity contribution in [2.24, 2.45) is 11.8 Å². The summed E-state index contributed by atoms with van der Waals surface area (Å²) >= 11 is 0. The van der Waals surface area contributed by atoms with Gasteiger partial charge in [0.25, 0.3) is 5.91 Å². The second kappa shape index (κ2) is 14.2. The van der Waals surface area contributed by atoms with E-state index in [1.54, 1.807) is 32.0 Å². The van der Waals surface area contributed by atoms with Gasteiger partial charge in [0.1, 0.15) is 37.4 Å². The number of hydrogen-bond donors (Lipinski definition) is 6. The third-order valence-corrected chi connectivity index (χ3v) is 9.26. The third kappa shape index (κ3) is 7.29. The van der Waals surface area contributed by atoms with Gasteiger partial charge in [0.2, 0.25) is 29.5 Å². The second-order valence-corrected chi connectivity index (χ2v) is 13.1. The fourth-order valence-corrected chi connectivity index (χ4v) is 6.68. The zero-order valence-corrected chi connectivity index (χ0v) is 27.0. The van der Waals surface area contributed by atoms with Crippen LogP contribution in [-0.2, 0) is 24.0 Å². The first kappa shape index (κ1) is 33.9. The molecule has 0 unspecified atom stereocenters. The average Bonchev–Trinajstić information content (AvgIpc) is 3.68. The van der Waals surface area contributed by atoms with Crippen LogP contribution in [0.3, 0.4) is 0 Å². The number of amides is 6. The molecular formula is C32H44N6O9. The minimum absolute atomic E-state index is 0.000114. The molecule has 3 heterocycles. The Bertz CT molecular complexity index is 1420. The number of nitrogens with zero attached hydrogens (tertiary/aromatic N) is 1. The van der Waals surface area contributed by atoms with Crippen LogP contribution in [-0.4, -0.2) is 108 Å². The SMILES string of the molecule is CC(C)[C@H]1NC(=O)[C@H]2CCC[C@@H]2NC(=O)[C@H](C)NC(=O)[C@@H]2C[C@H](NC(=O)c3cccc4c3OCCO4)CN2C(=O)[C@@H]([C@@H](C)O)NC1=O. The standard InChI is InChI=1S/C32H44N6O9/c1-15(2)24-31(44)37-25(17(4)39)32(45)38-14-18(34-29(42)20-8-6-10-23-26(20)47-12-11-46-23)13-22(38)30(43)33-16(3)27(40)35-21-9-5-7-19(21)28(41)36-24/h6,8,10,15-19,21-22,24-25,39H,5,7,9,11-14H2,1-4H3,(H,33,43)(H,34,42)(H,35,40)(H,36,41)(H,37,44)/t16-,17+,18-,19-,21-,22-,24+,25+/m0/s1. The number of carbonyl (C=O) groups excluding carboxylic acids is 6. The van der Waals surface area contributed by atoms with E-state index >= 15 is 0 Å². The van der Waals surface area contributed by atoms with E-state index in [1.165, 1.54) is 18.7 Å². The summed E-state index contributed by atoms with van der Waals surface area (Å²) in [6.45, 7) is 6.83. The number of aliphatic hydroxyl groups excluding tert-OH is 1. The largest absolute Gasteiger partial charge is 0.486 e. The minimum Gasteiger partial charge on any atom is -0.486 e. The molecule has 0 aromatic heterocycles. The van der Waals surface area contributed by atoms with Crippen LogP contribution in [0.1, 0.15) is 63.7 Å². The van der Waals surface area contributed by atoms with Gasteiger partial charge in [-0.3, -0.25) is 28.8 Å². The zero-order valence-electron chi connectivity index (χ0n) is 27.0. The maximum Gasteiger partial charge on any atom is 0.255 e. The van der Waals surface area contributed by atoms with Gasteiger partial charge in [-0.15, -0.1) is 0 Å². The molecule has 0 spiro atoms. The lowest BCUT2D eigenvalue weighted by atomic mass is 9.98. The molecule has 0 radical (unpaired) electrons. The van der Waals surface area contributed by atoms with Gasteiger partial charge in [-0.1, -0.05) is 26.3 Å². The molecule has 3 aliphatic heterocycles. The highest BCUT2D eigenvalue weighted by atomic mass is 16.6. The van der Waals surface area contributed by atoms with Crippen LogP contribution in [0.25, 0.3) is 0 Å². The fourth-order valence-electron chi connectivity index (χ4n) is 6.68.